The Morgan fingerprint density at radius 1 is 1.24 bits per heavy atom. The predicted molar refractivity (Wildman–Crippen MR) is 114 cm³/mol. The zero-order chi connectivity index (χ0) is 23.5. The molecule has 4 heterocycles. The number of amides is 1. The van der Waals surface area contributed by atoms with Crippen molar-refractivity contribution in [3.05, 3.63) is 29.3 Å². The van der Waals surface area contributed by atoms with Crippen molar-refractivity contribution >= 4 is 34.5 Å². The third-order valence-electron chi connectivity index (χ3n) is 6.47. The number of aliphatic hydroxyl groups is 1. The molecule has 33 heavy (non-hydrogen) atoms. The lowest BCUT2D eigenvalue weighted by atomic mass is 9.92. The molecule has 5 rings (SSSR count). The van der Waals surface area contributed by atoms with E-state index < -0.39 is 17.9 Å². The smallest absolute Gasteiger partial charge is 0.421 e. The van der Waals surface area contributed by atoms with E-state index >= 15 is 0 Å². The number of benzene rings is 1. The molecule has 2 saturated heterocycles. The molecular formula is C21H21F3N4O4S. The topological polar surface area (TPSA) is 103 Å². The molecule has 2 fully saturated rings. The number of nitrogens with zero attached hydrogens (tertiary/aromatic N) is 4. The van der Waals surface area contributed by atoms with Crippen LogP contribution >= 0.6 is 11.3 Å². The van der Waals surface area contributed by atoms with Gasteiger partial charge >= 0.3 is 12.3 Å². The first kappa shape index (κ1) is 22.0. The molecule has 8 nitrogen and oxygen atoms in total. The van der Waals surface area contributed by atoms with Gasteiger partial charge in [-0.15, -0.1) is 11.3 Å². The van der Waals surface area contributed by atoms with Gasteiger partial charge in [0.15, 0.2) is 11.2 Å². The Bertz CT molecular complexity index is 1180. The molecule has 3 unspecified atom stereocenters. The van der Waals surface area contributed by atoms with Crippen LogP contribution in [0.3, 0.4) is 0 Å². The molecule has 1 amide bonds. The molecular weight excluding hydrogens is 461 g/mol. The number of fused-ring (bicyclic) bond motifs is 3. The molecule has 12 heteroatoms. The number of halogens is 3. The zero-order valence-corrected chi connectivity index (χ0v) is 18.4. The van der Waals surface area contributed by atoms with Crippen LogP contribution in [0.25, 0.3) is 21.7 Å². The number of carbonyl (C=O) groups is 1. The van der Waals surface area contributed by atoms with E-state index in [1.807, 2.05) is 4.90 Å². The zero-order valence-electron chi connectivity index (χ0n) is 17.5. The Balaban J connectivity index is 1.59. The van der Waals surface area contributed by atoms with E-state index in [1.54, 1.807) is 5.38 Å². The highest BCUT2D eigenvalue weighted by Crippen LogP contribution is 2.43. The van der Waals surface area contributed by atoms with E-state index in [9.17, 15) is 28.2 Å². The van der Waals surface area contributed by atoms with Crippen LogP contribution in [0.1, 0.15) is 31.7 Å². The Hall–Kier alpha value is -2.86. The summed E-state index contributed by atoms with van der Waals surface area (Å²) < 4.78 is 46.7. The van der Waals surface area contributed by atoms with Crippen molar-refractivity contribution in [3.8, 4) is 10.6 Å². The van der Waals surface area contributed by atoms with Gasteiger partial charge in [-0.3, -0.25) is 4.90 Å². The Labute approximate surface area is 190 Å². The van der Waals surface area contributed by atoms with Crippen LogP contribution in [0.15, 0.2) is 28.1 Å². The van der Waals surface area contributed by atoms with Crippen molar-refractivity contribution in [2.75, 3.05) is 18.0 Å². The fourth-order valence-electron chi connectivity index (χ4n) is 4.69. The number of alkyl halides is 3. The first-order valence-electron chi connectivity index (χ1n) is 10.5. The molecule has 1 aromatic carbocycles. The molecule has 2 aliphatic heterocycles. The Morgan fingerprint density at radius 3 is 2.52 bits per heavy atom. The van der Waals surface area contributed by atoms with Gasteiger partial charge in [0.05, 0.1) is 17.6 Å². The normalized spacial score (nSPS) is 23.1. The number of anilines is 1. The average molecular weight is 482 g/mol. The summed E-state index contributed by atoms with van der Waals surface area (Å²) in [5, 5.41) is 22.0. The molecule has 2 aliphatic rings. The molecule has 3 aromatic rings. The second kappa shape index (κ2) is 7.59. The average Bonchev–Trinajstić information content (AvgIpc) is 3.41. The highest BCUT2D eigenvalue weighted by Gasteiger charge is 2.51. The second-order valence-corrected chi connectivity index (χ2v) is 9.50. The maximum atomic E-state index is 13.6. The number of hydrogen-bond acceptors (Lipinski definition) is 7. The first-order valence-corrected chi connectivity index (χ1v) is 11.3. The summed E-state index contributed by atoms with van der Waals surface area (Å²) in [7, 11) is 0. The van der Waals surface area contributed by atoms with E-state index in [2.05, 4.69) is 9.97 Å². The maximum absolute atomic E-state index is 13.6. The van der Waals surface area contributed by atoms with Crippen LogP contribution in [-0.4, -0.2) is 62.5 Å². The largest absolute Gasteiger partial charge is 0.465 e. The fraction of sp³-hybridized carbons (Fsp3) is 0.476. The minimum atomic E-state index is -4.89. The van der Waals surface area contributed by atoms with Crippen molar-refractivity contribution in [2.45, 2.75) is 50.0 Å². The number of aromatic nitrogens is 2. The predicted octanol–water partition coefficient (Wildman–Crippen LogP) is 4.44. The maximum Gasteiger partial charge on any atom is 0.421 e. The lowest BCUT2D eigenvalue weighted by molar-refractivity contribution is -0.258. The lowest BCUT2D eigenvalue weighted by Crippen LogP contribution is -2.62. The molecule has 0 aliphatic carbocycles. The van der Waals surface area contributed by atoms with Gasteiger partial charge in [-0.05, 0) is 43.9 Å². The number of piperidine rings is 1. The standard InChI is InChI=1S/C21H21F3N4O4S/c1-20(31,21(22,23)24)11-7-14(17-25-5-6-33-17)16-15(8-11)26-18(32-16)27-9-12-3-2-4-13(10-27)28(12)19(29)30/h5-8,12-13,31H,2-4,9-10H2,1H3,(H,29,30). The summed E-state index contributed by atoms with van der Waals surface area (Å²) in [6.45, 7) is 1.47. The number of rotatable bonds is 3. The molecule has 2 aromatic heterocycles. The van der Waals surface area contributed by atoms with Gasteiger partial charge in [0.1, 0.15) is 10.5 Å². The van der Waals surface area contributed by atoms with E-state index in [1.165, 1.54) is 34.6 Å². The second-order valence-electron chi connectivity index (χ2n) is 8.61. The fourth-order valence-corrected chi connectivity index (χ4v) is 5.34. The van der Waals surface area contributed by atoms with Gasteiger partial charge in [0.2, 0.25) is 0 Å². The van der Waals surface area contributed by atoms with Crippen molar-refractivity contribution in [1.29, 1.82) is 0 Å². The summed E-state index contributed by atoms with van der Waals surface area (Å²) in [5.74, 6) is 0. The van der Waals surface area contributed by atoms with Gasteiger partial charge in [-0.2, -0.15) is 18.2 Å². The third kappa shape index (κ3) is 3.61. The van der Waals surface area contributed by atoms with Crippen LogP contribution in [0.4, 0.5) is 24.0 Å². The van der Waals surface area contributed by atoms with E-state index in [4.69, 9.17) is 4.42 Å². The summed E-state index contributed by atoms with van der Waals surface area (Å²) in [4.78, 5) is 23.7. The van der Waals surface area contributed by atoms with Gasteiger partial charge in [-0.1, -0.05) is 0 Å². The quantitative estimate of drug-likeness (QED) is 0.569. The number of piperazine rings is 1. The third-order valence-corrected chi connectivity index (χ3v) is 7.28. The SMILES string of the molecule is CC(O)(c1cc(-c2nccs2)c2oc(N3CC4CCCC(C3)N4C(=O)O)nc2c1)C(F)(F)F. The van der Waals surface area contributed by atoms with Gasteiger partial charge < -0.3 is 19.5 Å². The van der Waals surface area contributed by atoms with E-state index in [0.29, 0.717) is 30.6 Å². The van der Waals surface area contributed by atoms with Gasteiger partial charge in [0.25, 0.3) is 6.01 Å². The minimum Gasteiger partial charge on any atom is -0.465 e. The van der Waals surface area contributed by atoms with E-state index in [-0.39, 0.29) is 34.8 Å². The van der Waals surface area contributed by atoms with Crippen molar-refractivity contribution in [2.24, 2.45) is 0 Å². The Kier molecular flexibility index (Phi) is 5.05. The number of hydrogen-bond donors (Lipinski definition) is 2. The molecule has 0 spiro atoms. The highest BCUT2D eigenvalue weighted by molar-refractivity contribution is 7.13. The summed E-state index contributed by atoms with van der Waals surface area (Å²) in [6.07, 6.45) is -1.93. The lowest BCUT2D eigenvalue weighted by Gasteiger charge is -2.48. The monoisotopic (exact) mass is 482 g/mol. The molecule has 0 radical (unpaired) electrons. The molecule has 3 atom stereocenters. The Morgan fingerprint density at radius 2 is 1.94 bits per heavy atom. The number of thiazole rings is 1. The first-order chi connectivity index (χ1) is 15.6. The van der Waals surface area contributed by atoms with E-state index in [0.717, 1.165) is 19.3 Å². The van der Waals surface area contributed by atoms with Gasteiger partial charge in [-0.25, -0.2) is 9.78 Å². The van der Waals surface area contributed by atoms with Crippen molar-refractivity contribution < 1.29 is 32.6 Å². The van der Waals surface area contributed by atoms with Crippen molar-refractivity contribution in [3.63, 3.8) is 0 Å². The number of carboxylic acid groups (broad SMARTS) is 1. The van der Waals surface area contributed by atoms with Crippen LogP contribution in [0, 0.1) is 0 Å². The number of oxazole rings is 1. The summed E-state index contributed by atoms with van der Waals surface area (Å²) in [6, 6.07) is 2.23. The van der Waals surface area contributed by atoms with Crippen LogP contribution in [0.5, 0.6) is 0 Å². The molecule has 0 saturated carbocycles. The van der Waals surface area contributed by atoms with Crippen LogP contribution in [-0.2, 0) is 5.60 Å². The van der Waals surface area contributed by atoms with Crippen LogP contribution in [0.2, 0.25) is 0 Å². The summed E-state index contributed by atoms with van der Waals surface area (Å²) >= 11 is 1.23. The van der Waals surface area contributed by atoms with Gasteiger partial charge in [0, 0.05) is 24.7 Å². The van der Waals surface area contributed by atoms with Crippen molar-refractivity contribution in [1.82, 2.24) is 14.9 Å². The molecule has 2 N–H and O–H groups in total. The molecule has 176 valence electrons. The molecule has 2 bridgehead atoms. The summed E-state index contributed by atoms with van der Waals surface area (Å²) in [5.41, 5.74) is -2.70. The minimum absolute atomic E-state index is 0.169. The highest BCUT2D eigenvalue weighted by atomic mass is 32.1. The van der Waals surface area contributed by atoms with Crippen LogP contribution < -0.4 is 4.90 Å².